The van der Waals surface area contributed by atoms with Crippen LogP contribution in [0.2, 0.25) is 0 Å². The van der Waals surface area contributed by atoms with E-state index in [9.17, 15) is 4.79 Å². The van der Waals surface area contributed by atoms with E-state index in [2.05, 4.69) is 35.7 Å². The van der Waals surface area contributed by atoms with Crippen molar-refractivity contribution < 1.29 is 9.32 Å². The Balaban J connectivity index is 1.95. The zero-order valence-corrected chi connectivity index (χ0v) is 14.7. The van der Waals surface area contributed by atoms with Gasteiger partial charge in [0.05, 0.1) is 6.04 Å². The van der Waals surface area contributed by atoms with Gasteiger partial charge in [-0.25, -0.2) is 4.79 Å². The first kappa shape index (κ1) is 17.4. The van der Waals surface area contributed by atoms with Crippen LogP contribution in [0.4, 0.5) is 10.5 Å². The number of thioether (sulfide) groups is 1. The van der Waals surface area contributed by atoms with E-state index in [1.165, 1.54) is 11.2 Å². The van der Waals surface area contributed by atoms with Crippen LogP contribution in [0.5, 0.6) is 0 Å². The molecule has 0 aliphatic heterocycles. The van der Waals surface area contributed by atoms with E-state index in [-0.39, 0.29) is 12.1 Å². The molecule has 1 aromatic carbocycles. The van der Waals surface area contributed by atoms with Crippen LogP contribution in [0.3, 0.4) is 0 Å². The number of nitrogens with one attached hydrogen (secondary N) is 2. The van der Waals surface area contributed by atoms with Gasteiger partial charge >= 0.3 is 6.03 Å². The molecule has 1 aromatic heterocycles. The molecule has 0 aliphatic carbocycles. The molecule has 0 spiro atoms. The monoisotopic (exact) mass is 333 g/mol. The second-order valence-electron chi connectivity index (χ2n) is 5.56. The first-order chi connectivity index (χ1) is 11.0. The average Bonchev–Trinajstić information content (AvgIpc) is 3.04. The van der Waals surface area contributed by atoms with Crippen LogP contribution in [0, 0.1) is 6.92 Å². The summed E-state index contributed by atoms with van der Waals surface area (Å²) in [6, 6.07) is 7.35. The van der Waals surface area contributed by atoms with Gasteiger partial charge in [0.2, 0.25) is 0 Å². The number of carbonyl (C=O) groups is 1. The SMILES string of the molecule is CCC(C)Sc1ccc(NC(=O)NC(C)c2ccon2)c(C)c1. The zero-order chi connectivity index (χ0) is 16.8. The molecular weight excluding hydrogens is 310 g/mol. The Morgan fingerprint density at radius 1 is 1.35 bits per heavy atom. The highest BCUT2D eigenvalue weighted by Crippen LogP contribution is 2.28. The summed E-state index contributed by atoms with van der Waals surface area (Å²) in [5.41, 5.74) is 2.54. The summed E-state index contributed by atoms with van der Waals surface area (Å²) < 4.78 is 4.78. The minimum atomic E-state index is -0.258. The lowest BCUT2D eigenvalue weighted by molar-refractivity contribution is 0.248. The van der Waals surface area contributed by atoms with Crippen LogP contribution in [0.1, 0.15) is 44.5 Å². The van der Waals surface area contributed by atoms with Crippen LogP contribution < -0.4 is 10.6 Å². The van der Waals surface area contributed by atoms with Crippen LogP contribution in [0.25, 0.3) is 0 Å². The highest BCUT2D eigenvalue weighted by atomic mass is 32.2. The van der Waals surface area contributed by atoms with E-state index in [1.54, 1.807) is 6.07 Å². The summed E-state index contributed by atoms with van der Waals surface area (Å²) in [6.45, 7) is 8.25. The number of benzene rings is 1. The van der Waals surface area contributed by atoms with Crippen LogP contribution >= 0.6 is 11.8 Å². The summed E-state index contributed by atoms with van der Waals surface area (Å²) in [5.74, 6) is 0. The molecule has 2 atom stereocenters. The Bertz CT molecular complexity index is 643. The first-order valence-electron chi connectivity index (χ1n) is 7.74. The van der Waals surface area contributed by atoms with Gasteiger partial charge in [0.1, 0.15) is 12.0 Å². The first-order valence-corrected chi connectivity index (χ1v) is 8.62. The largest absolute Gasteiger partial charge is 0.364 e. The lowest BCUT2D eigenvalue weighted by Crippen LogP contribution is -2.31. The molecule has 0 saturated heterocycles. The average molecular weight is 333 g/mol. The predicted octanol–water partition coefficient (Wildman–Crippen LogP) is 4.76. The fraction of sp³-hybridized carbons (Fsp3) is 0.412. The maximum Gasteiger partial charge on any atom is 0.319 e. The summed E-state index contributed by atoms with van der Waals surface area (Å²) in [7, 11) is 0. The predicted molar refractivity (Wildman–Crippen MR) is 93.9 cm³/mol. The Morgan fingerprint density at radius 3 is 2.74 bits per heavy atom. The van der Waals surface area contributed by atoms with Crippen molar-refractivity contribution in [3.05, 3.63) is 41.8 Å². The van der Waals surface area contributed by atoms with E-state index < -0.39 is 0 Å². The summed E-state index contributed by atoms with van der Waals surface area (Å²) in [4.78, 5) is 13.3. The molecule has 1 heterocycles. The molecule has 2 rings (SSSR count). The van der Waals surface area contributed by atoms with Gasteiger partial charge in [-0.3, -0.25) is 0 Å². The molecule has 2 amide bonds. The summed E-state index contributed by atoms with van der Waals surface area (Å²) in [6.07, 6.45) is 2.62. The summed E-state index contributed by atoms with van der Waals surface area (Å²) >= 11 is 1.85. The lowest BCUT2D eigenvalue weighted by Gasteiger charge is -2.15. The fourth-order valence-electron chi connectivity index (χ4n) is 2.04. The van der Waals surface area contributed by atoms with Gasteiger partial charge in [-0.2, -0.15) is 0 Å². The van der Waals surface area contributed by atoms with Crippen molar-refractivity contribution in [3.63, 3.8) is 0 Å². The topological polar surface area (TPSA) is 67.2 Å². The minimum absolute atomic E-state index is 0.214. The van der Waals surface area contributed by atoms with Crippen molar-refractivity contribution in [2.45, 2.75) is 50.3 Å². The smallest absolute Gasteiger partial charge is 0.319 e. The summed E-state index contributed by atoms with van der Waals surface area (Å²) in [5, 5.41) is 10.1. The number of aromatic nitrogens is 1. The minimum Gasteiger partial charge on any atom is -0.364 e. The lowest BCUT2D eigenvalue weighted by atomic mass is 10.2. The molecule has 6 heteroatoms. The third kappa shape index (κ3) is 5.03. The molecule has 0 saturated carbocycles. The van der Waals surface area contributed by atoms with Crippen molar-refractivity contribution >= 4 is 23.5 Å². The molecule has 0 fully saturated rings. The van der Waals surface area contributed by atoms with Gasteiger partial charge in [0, 0.05) is 21.9 Å². The van der Waals surface area contributed by atoms with E-state index in [0.29, 0.717) is 10.9 Å². The quantitative estimate of drug-likeness (QED) is 0.748. The molecule has 2 aromatic rings. The molecule has 2 N–H and O–H groups in total. The number of anilines is 1. The molecule has 23 heavy (non-hydrogen) atoms. The molecular formula is C17H23N3O2S. The third-order valence-corrected chi connectivity index (χ3v) is 4.87. The van der Waals surface area contributed by atoms with E-state index >= 15 is 0 Å². The van der Waals surface area contributed by atoms with E-state index in [4.69, 9.17) is 4.52 Å². The number of urea groups is 1. The molecule has 2 unspecified atom stereocenters. The number of rotatable bonds is 6. The molecule has 0 radical (unpaired) electrons. The Hall–Kier alpha value is -1.95. The Morgan fingerprint density at radius 2 is 2.13 bits per heavy atom. The normalized spacial score (nSPS) is 13.4. The van der Waals surface area contributed by atoms with Crippen molar-refractivity contribution in [1.82, 2.24) is 10.5 Å². The van der Waals surface area contributed by atoms with E-state index in [1.807, 2.05) is 37.7 Å². The van der Waals surface area contributed by atoms with Gasteiger partial charge < -0.3 is 15.2 Å². The van der Waals surface area contributed by atoms with Gasteiger partial charge in [0.15, 0.2) is 0 Å². The van der Waals surface area contributed by atoms with Crippen molar-refractivity contribution in [2.75, 3.05) is 5.32 Å². The number of hydrogen-bond donors (Lipinski definition) is 2. The van der Waals surface area contributed by atoms with Crippen molar-refractivity contribution in [1.29, 1.82) is 0 Å². The molecule has 5 nitrogen and oxygen atoms in total. The highest BCUT2D eigenvalue weighted by Gasteiger charge is 2.13. The molecule has 0 bridgehead atoms. The number of carbonyl (C=O) groups excluding carboxylic acids is 1. The van der Waals surface area contributed by atoms with Crippen molar-refractivity contribution in [2.24, 2.45) is 0 Å². The number of amides is 2. The molecule has 124 valence electrons. The highest BCUT2D eigenvalue weighted by molar-refractivity contribution is 7.99. The Labute approximate surface area is 141 Å². The fourth-order valence-corrected chi connectivity index (χ4v) is 3.06. The van der Waals surface area contributed by atoms with Gasteiger partial charge in [-0.1, -0.05) is 19.0 Å². The van der Waals surface area contributed by atoms with Gasteiger partial charge in [-0.05, 0) is 44.0 Å². The Kier molecular flexibility index (Phi) is 6.10. The number of hydrogen-bond acceptors (Lipinski definition) is 4. The van der Waals surface area contributed by atoms with Crippen LogP contribution in [0.15, 0.2) is 39.9 Å². The van der Waals surface area contributed by atoms with Crippen molar-refractivity contribution in [3.8, 4) is 0 Å². The zero-order valence-electron chi connectivity index (χ0n) is 13.9. The maximum atomic E-state index is 12.1. The van der Waals surface area contributed by atoms with Crippen LogP contribution in [-0.2, 0) is 0 Å². The number of aryl methyl sites for hydroxylation is 1. The van der Waals surface area contributed by atoms with Crippen LogP contribution in [-0.4, -0.2) is 16.4 Å². The van der Waals surface area contributed by atoms with Gasteiger partial charge in [0.25, 0.3) is 0 Å². The maximum absolute atomic E-state index is 12.1. The molecule has 0 aliphatic rings. The second-order valence-corrected chi connectivity index (χ2v) is 7.07. The number of nitrogens with zero attached hydrogens (tertiary/aromatic N) is 1. The standard InChI is InChI=1S/C17H23N3O2S/c1-5-12(3)23-14-6-7-15(11(2)10-14)19-17(21)18-13(4)16-8-9-22-20-16/h6-10,12-13H,5H2,1-4H3,(H2,18,19,21). The second kappa shape index (κ2) is 8.06. The van der Waals surface area contributed by atoms with E-state index in [0.717, 1.165) is 17.7 Å². The third-order valence-electron chi connectivity index (χ3n) is 3.61. The van der Waals surface area contributed by atoms with Gasteiger partial charge in [-0.15, -0.1) is 11.8 Å².